The molecule has 3 aromatic rings. The maximum atomic E-state index is 6.22. The lowest BCUT2D eigenvalue weighted by molar-refractivity contribution is 0.243. The Morgan fingerprint density at radius 2 is 1.88 bits per heavy atom. The number of pyridine rings is 1. The predicted molar refractivity (Wildman–Crippen MR) is 99.5 cm³/mol. The third-order valence-electron chi connectivity index (χ3n) is 4.37. The molecule has 4 rings (SSSR count). The first-order chi connectivity index (χ1) is 12.2. The summed E-state index contributed by atoms with van der Waals surface area (Å²) in [6, 6.07) is 9.59. The topological polar surface area (TPSA) is 41.9 Å². The summed E-state index contributed by atoms with van der Waals surface area (Å²) >= 11 is 12.2. The van der Waals surface area contributed by atoms with Crippen LogP contribution in [0.1, 0.15) is 16.8 Å². The van der Waals surface area contributed by atoms with Crippen LogP contribution in [0.5, 0.6) is 0 Å². The number of hydrogen-bond acceptors (Lipinski definition) is 4. The number of rotatable bonds is 3. The molecule has 4 nitrogen and oxygen atoms in total. The average Bonchev–Trinajstić information content (AvgIpc) is 2.64. The molecule has 0 unspecified atom stereocenters. The Kier molecular flexibility index (Phi) is 4.66. The van der Waals surface area contributed by atoms with E-state index in [-0.39, 0.29) is 0 Å². The Labute approximate surface area is 156 Å². The lowest BCUT2D eigenvalue weighted by atomic mass is 10.1. The summed E-state index contributed by atoms with van der Waals surface area (Å²) in [5.74, 6) is 0.751. The van der Waals surface area contributed by atoms with Crippen LogP contribution >= 0.6 is 23.2 Å². The van der Waals surface area contributed by atoms with Gasteiger partial charge in [-0.3, -0.25) is 9.88 Å². The monoisotopic (exact) mass is 370 g/mol. The van der Waals surface area contributed by atoms with E-state index in [0.29, 0.717) is 10.0 Å². The van der Waals surface area contributed by atoms with Crippen molar-refractivity contribution >= 4 is 23.2 Å². The highest BCUT2D eigenvalue weighted by atomic mass is 35.5. The van der Waals surface area contributed by atoms with Crippen molar-refractivity contribution in [2.75, 3.05) is 6.54 Å². The molecule has 1 aliphatic rings. The minimum atomic E-state index is 0.711. The van der Waals surface area contributed by atoms with Crippen molar-refractivity contribution in [1.29, 1.82) is 0 Å². The number of benzene rings is 1. The largest absolute Gasteiger partial charge is 0.294 e. The molecular weight excluding hydrogens is 355 g/mol. The molecule has 126 valence electrons. The average molecular weight is 371 g/mol. The molecule has 6 heteroatoms. The molecule has 0 spiro atoms. The van der Waals surface area contributed by atoms with E-state index in [4.69, 9.17) is 28.2 Å². The Morgan fingerprint density at radius 3 is 2.68 bits per heavy atom. The fraction of sp³-hybridized carbons (Fsp3) is 0.211. The van der Waals surface area contributed by atoms with Crippen LogP contribution in [0.4, 0.5) is 0 Å². The lowest BCUT2D eigenvalue weighted by Gasteiger charge is -2.28. The molecule has 0 saturated heterocycles. The van der Waals surface area contributed by atoms with Gasteiger partial charge in [0.1, 0.15) is 0 Å². The maximum absolute atomic E-state index is 6.22. The first-order valence-electron chi connectivity index (χ1n) is 8.10. The molecule has 0 N–H and O–H groups in total. The van der Waals surface area contributed by atoms with Crippen LogP contribution < -0.4 is 0 Å². The molecule has 2 aromatic heterocycles. The van der Waals surface area contributed by atoms with Gasteiger partial charge in [0.05, 0.1) is 10.7 Å². The second kappa shape index (κ2) is 7.08. The van der Waals surface area contributed by atoms with Gasteiger partial charge in [-0.05, 0) is 35.9 Å². The third kappa shape index (κ3) is 3.66. The van der Waals surface area contributed by atoms with Gasteiger partial charge >= 0.3 is 0 Å². The number of fused-ring (bicyclic) bond motifs is 1. The van der Waals surface area contributed by atoms with Gasteiger partial charge in [-0.1, -0.05) is 23.2 Å². The van der Waals surface area contributed by atoms with Gasteiger partial charge in [0.15, 0.2) is 5.82 Å². The zero-order valence-electron chi connectivity index (χ0n) is 13.5. The van der Waals surface area contributed by atoms with Crippen molar-refractivity contribution < 1.29 is 0 Å². The molecule has 0 bridgehead atoms. The lowest BCUT2D eigenvalue weighted by Crippen LogP contribution is -2.31. The summed E-state index contributed by atoms with van der Waals surface area (Å²) < 4.78 is 0. The molecule has 0 atom stereocenters. The maximum Gasteiger partial charge on any atom is 0.159 e. The van der Waals surface area contributed by atoms with Gasteiger partial charge in [-0.2, -0.15) is 0 Å². The first-order valence-corrected chi connectivity index (χ1v) is 8.86. The first kappa shape index (κ1) is 16.5. The van der Waals surface area contributed by atoms with Gasteiger partial charge in [0.25, 0.3) is 0 Å². The van der Waals surface area contributed by atoms with Crippen molar-refractivity contribution in [2.24, 2.45) is 0 Å². The molecule has 1 aliphatic heterocycles. The van der Waals surface area contributed by atoms with Gasteiger partial charge in [0.2, 0.25) is 0 Å². The highest BCUT2D eigenvalue weighted by molar-refractivity contribution is 6.31. The van der Waals surface area contributed by atoms with Crippen LogP contribution in [0.3, 0.4) is 0 Å². The third-order valence-corrected chi connectivity index (χ3v) is 4.96. The molecule has 0 saturated carbocycles. The summed E-state index contributed by atoms with van der Waals surface area (Å²) in [5.41, 5.74) is 4.38. The Morgan fingerprint density at radius 1 is 1.04 bits per heavy atom. The standard InChI is InChI=1S/C19H16Cl2N4/c20-16-3-1-13(2-4-16)19-23-9-15-12-25(8-6-18(15)24-19)11-14-5-7-22-10-17(14)21/h1-5,7,9-10H,6,8,11-12H2. The van der Waals surface area contributed by atoms with E-state index in [1.165, 1.54) is 5.56 Å². The van der Waals surface area contributed by atoms with E-state index in [0.717, 1.165) is 48.7 Å². The van der Waals surface area contributed by atoms with E-state index in [1.54, 1.807) is 12.4 Å². The highest BCUT2D eigenvalue weighted by Gasteiger charge is 2.19. The quantitative estimate of drug-likeness (QED) is 0.684. The van der Waals surface area contributed by atoms with Crippen molar-refractivity contribution in [1.82, 2.24) is 19.9 Å². The van der Waals surface area contributed by atoms with Crippen LogP contribution in [0.25, 0.3) is 11.4 Å². The van der Waals surface area contributed by atoms with E-state index < -0.39 is 0 Å². The van der Waals surface area contributed by atoms with E-state index in [2.05, 4.69) is 14.9 Å². The Bertz CT molecular complexity index is 896. The van der Waals surface area contributed by atoms with Gasteiger partial charge < -0.3 is 0 Å². The number of aromatic nitrogens is 3. The Balaban J connectivity index is 1.52. The van der Waals surface area contributed by atoms with Crippen molar-refractivity contribution in [3.63, 3.8) is 0 Å². The summed E-state index contributed by atoms with van der Waals surface area (Å²) in [6.07, 6.45) is 6.31. The molecule has 1 aromatic carbocycles. The van der Waals surface area contributed by atoms with Crippen LogP contribution in [0.2, 0.25) is 10.0 Å². The van der Waals surface area contributed by atoms with Gasteiger partial charge in [-0.15, -0.1) is 0 Å². The normalized spacial score (nSPS) is 14.3. The second-order valence-electron chi connectivity index (χ2n) is 6.10. The van der Waals surface area contributed by atoms with Crippen LogP contribution in [-0.2, 0) is 19.5 Å². The number of nitrogens with zero attached hydrogens (tertiary/aromatic N) is 4. The molecule has 25 heavy (non-hydrogen) atoms. The zero-order chi connectivity index (χ0) is 17.2. The molecule has 0 radical (unpaired) electrons. The molecule has 0 amide bonds. The molecule has 0 fully saturated rings. The van der Waals surface area contributed by atoms with E-state index >= 15 is 0 Å². The van der Waals surface area contributed by atoms with Crippen LogP contribution in [0.15, 0.2) is 48.9 Å². The minimum Gasteiger partial charge on any atom is -0.294 e. The number of halogens is 2. The fourth-order valence-electron chi connectivity index (χ4n) is 3.02. The van der Waals surface area contributed by atoms with Crippen LogP contribution in [-0.4, -0.2) is 26.4 Å². The summed E-state index contributed by atoms with van der Waals surface area (Å²) in [5, 5.41) is 1.43. The predicted octanol–water partition coefficient (Wildman–Crippen LogP) is 4.40. The van der Waals surface area contributed by atoms with Crippen molar-refractivity contribution in [3.8, 4) is 11.4 Å². The smallest absolute Gasteiger partial charge is 0.159 e. The summed E-state index contributed by atoms with van der Waals surface area (Å²) in [4.78, 5) is 15.7. The number of hydrogen-bond donors (Lipinski definition) is 0. The summed E-state index contributed by atoms with van der Waals surface area (Å²) in [6.45, 7) is 2.58. The summed E-state index contributed by atoms with van der Waals surface area (Å²) in [7, 11) is 0. The SMILES string of the molecule is Clc1ccc(-c2ncc3c(n2)CCN(Cc2ccncc2Cl)C3)cc1. The van der Waals surface area contributed by atoms with E-state index in [9.17, 15) is 0 Å². The van der Waals surface area contributed by atoms with Crippen molar-refractivity contribution in [3.05, 3.63) is 75.8 Å². The molecule has 0 aliphatic carbocycles. The van der Waals surface area contributed by atoms with Crippen LogP contribution in [0, 0.1) is 0 Å². The second-order valence-corrected chi connectivity index (χ2v) is 6.94. The van der Waals surface area contributed by atoms with Crippen molar-refractivity contribution in [2.45, 2.75) is 19.5 Å². The van der Waals surface area contributed by atoms with Gasteiger partial charge in [0, 0.05) is 60.8 Å². The zero-order valence-corrected chi connectivity index (χ0v) is 15.0. The molecular formula is C19H16Cl2N4. The van der Waals surface area contributed by atoms with Gasteiger partial charge in [-0.25, -0.2) is 9.97 Å². The fourth-order valence-corrected chi connectivity index (χ4v) is 3.33. The Hall–Kier alpha value is -2.01. The highest BCUT2D eigenvalue weighted by Crippen LogP contribution is 2.24. The minimum absolute atomic E-state index is 0.711. The van der Waals surface area contributed by atoms with E-state index in [1.807, 2.05) is 36.5 Å². The molecule has 3 heterocycles.